The van der Waals surface area contributed by atoms with Gasteiger partial charge in [-0.1, -0.05) is 17.7 Å². The van der Waals surface area contributed by atoms with Crippen LogP contribution in [0.3, 0.4) is 0 Å². The van der Waals surface area contributed by atoms with Gasteiger partial charge in [0.1, 0.15) is 6.10 Å². The van der Waals surface area contributed by atoms with Gasteiger partial charge in [0.2, 0.25) is 0 Å². The van der Waals surface area contributed by atoms with Crippen LogP contribution >= 0.6 is 0 Å². The first-order valence-electron chi connectivity index (χ1n) is 6.45. The van der Waals surface area contributed by atoms with Gasteiger partial charge < -0.3 is 20.1 Å². The van der Waals surface area contributed by atoms with Crippen molar-refractivity contribution in [2.45, 2.75) is 42.8 Å². The van der Waals surface area contributed by atoms with Gasteiger partial charge in [0.15, 0.2) is 6.29 Å². The molecule has 1 saturated heterocycles. The lowest BCUT2D eigenvalue weighted by Gasteiger charge is -2.33. The molecule has 1 aromatic carbocycles. The second-order valence-electron chi connectivity index (χ2n) is 4.99. The normalized spacial score (nSPS) is 30.3. The van der Waals surface area contributed by atoms with Crippen LogP contribution in [-0.2, 0) is 19.0 Å². The molecule has 0 saturated carbocycles. The first kappa shape index (κ1) is 16.3. The molecular weight excluding hydrogens is 300 g/mol. The monoisotopic (exact) mass is 318 g/mol. The standard InChI is InChI=1S/C13H18O7S/c1-8-2-4-10(5-3-8)21(17,18)19-7-9-6-11(14)12(15)13(16)20-9/h2-5,9,11-16H,6-7H2,1H3/t9-,11-,12-,13-/m0/s1. The van der Waals surface area contributed by atoms with Gasteiger partial charge in [0.25, 0.3) is 10.1 Å². The Morgan fingerprint density at radius 3 is 2.43 bits per heavy atom. The minimum Gasteiger partial charge on any atom is -0.390 e. The zero-order valence-electron chi connectivity index (χ0n) is 11.4. The molecule has 7 nitrogen and oxygen atoms in total. The van der Waals surface area contributed by atoms with Crippen molar-refractivity contribution in [1.29, 1.82) is 0 Å². The first-order chi connectivity index (χ1) is 9.79. The topological polar surface area (TPSA) is 113 Å². The molecule has 21 heavy (non-hydrogen) atoms. The third kappa shape index (κ3) is 4.00. The summed E-state index contributed by atoms with van der Waals surface area (Å²) >= 11 is 0. The van der Waals surface area contributed by atoms with Crippen molar-refractivity contribution in [3.8, 4) is 0 Å². The van der Waals surface area contributed by atoms with E-state index in [2.05, 4.69) is 0 Å². The third-order valence-corrected chi connectivity index (χ3v) is 4.54. The lowest BCUT2D eigenvalue weighted by atomic mass is 10.0. The van der Waals surface area contributed by atoms with Gasteiger partial charge in [-0.25, -0.2) is 0 Å². The van der Waals surface area contributed by atoms with Crippen molar-refractivity contribution in [2.24, 2.45) is 0 Å². The summed E-state index contributed by atoms with van der Waals surface area (Å²) in [6.45, 7) is 1.48. The van der Waals surface area contributed by atoms with E-state index in [0.29, 0.717) is 0 Å². The van der Waals surface area contributed by atoms with Crippen molar-refractivity contribution < 1.29 is 32.7 Å². The predicted molar refractivity (Wildman–Crippen MR) is 71.8 cm³/mol. The number of aliphatic hydroxyl groups is 3. The Labute approximate surface area is 122 Å². The highest BCUT2D eigenvalue weighted by Gasteiger charge is 2.36. The Kier molecular flexibility index (Phi) is 4.97. The fraction of sp³-hybridized carbons (Fsp3) is 0.538. The lowest BCUT2D eigenvalue weighted by molar-refractivity contribution is -0.250. The summed E-state index contributed by atoms with van der Waals surface area (Å²) in [4.78, 5) is 0.0186. The first-order valence-corrected chi connectivity index (χ1v) is 7.86. The van der Waals surface area contributed by atoms with E-state index in [1.54, 1.807) is 12.1 Å². The van der Waals surface area contributed by atoms with Crippen LogP contribution in [0.2, 0.25) is 0 Å². The molecule has 1 aliphatic heterocycles. The van der Waals surface area contributed by atoms with Gasteiger partial charge in [-0.2, -0.15) is 8.42 Å². The van der Waals surface area contributed by atoms with Crippen LogP contribution in [0.15, 0.2) is 29.2 Å². The van der Waals surface area contributed by atoms with Crippen LogP contribution in [0.25, 0.3) is 0 Å². The minimum absolute atomic E-state index is 0.0186. The maximum atomic E-state index is 12.0. The highest BCUT2D eigenvalue weighted by molar-refractivity contribution is 7.86. The second-order valence-corrected chi connectivity index (χ2v) is 6.61. The van der Waals surface area contributed by atoms with Crippen LogP contribution in [-0.4, -0.2) is 54.9 Å². The van der Waals surface area contributed by atoms with Crippen LogP contribution in [0.4, 0.5) is 0 Å². The molecule has 3 N–H and O–H groups in total. The van der Waals surface area contributed by atoms with Gasteiger partial charge in [-0.05, 0) is 19.1 Å². The van der Waals surface area contributed by atoms with Crippen LogP contribution in [0.5, 0.6) is 0 Å². The van der Waals surface area contributed by atoms with Crippen molar-refractivity contribution >= 4 is 10.1 Å². The molecule has 1 heterocycles. The Balaban J connectivity index is 1.97. The molecule has 1 aliphatic rings. The average Bonchev–Trinajstić information content (AvgIpc) is 2.43. The molecule has 1 aromatic rings. The summed E-state index contributed by atoms with van der Waals surface area (Å²) in [5, 5.41) is 28.2. The fourth-order valence-corrected chi connectivity index (χ4v) is 2.91. The average molecular weight is 318 g/mol. The zero-order valence-corrected chi connectivity index (χ0v) is 12.2. The SMILES string of the molecule is Cc1ccc(S(=O)(=O)OC[C@@H]2C[C@H](O)[C@H](O)[C@@H](O)O2)cc1. The maximum Gasteiger partial charge on any atom is 0.297 e. The summed E-state index contributed by atoms with van der Waals surface area (Å²) in [6, 6.07) is 6.16. The van der Waals surface area contributed by atoms with Gasteiger partial charge in [0.05, 0.1) is 23.7 Å². The van der Waals surface area contributed by atoms with Gasteiger partial charge >= 0.3 is 0 Å². The molecule has 0 unspecified atom stereocenters. The van der Waals surface area contributed by atoms with E-state index >= 15 is 0 Å². The van der Waals surface area contributed by atoms with Crippen molar-refractivity contribution in [3.05, 3.63) is 29.8 Å². The van der Waals surface area contributed by atoms with Crippen molar-refractivity contribution in [3.63, 3.8) is 0 Å². The number of hydrogen-bond acceptors (Lipinski definition) is 7. The molecule has 8 heteroatoms. The van der Waals surface area contributed by atoms with Gasteiger partial charge in [0, 0.05) is 6.42 Å². The Bertz CT molecular complexity index is 557. The molecule has 0 radical (unpaired) electrons. The molecule has 0 spiro atoms. The lowest BCUT2D eigenvalue weighted by Crippen LogP contribution is -2.49. The molecule has 2 rings (SSSR count). The van der Waals surface area contributed by atoms with E-state index in [-0.39, 0.29) is 17.9 Å². The fourth-order valence-electron chi connectivity index (χ4n) is 1.98. The number of aliphatic hydroxyl groups excluding tert-OH is 3. The maximum absolute atomic E-state index is 12.0. The Morgan fingerprint density at radius 1 is 1.24 bits per heavy atom. The largest absolute Gasteiger partial charge is 0.390 e. The number of ether oxygens (including phenoxy) is 1. The molecule has 1 fully saturated rings. The summed E-state index contributed by atoms with van der Waals surface area (Å²) in [7, 11) is -3.93. The number of aryl methyl sites for hydroxylation is 1. The molecule has 4 atom stereocenters. The van der Waals surface area contributed by atoms with E-state index in [9.17, 15) is 23.7 Å². The highest BCUT2D eigenvalue weighted by atomic mass is 32.2. The number of benzene rings is 1. The van der Waals surface area contributed by atoms with E-state index in [1.165, 1.54) is 12.1 Å². The molecule has 0 bridgehead atoms. The van der Waals surface area contributed by atoms with Crippen LogP contribution in [0.1, 0.15) is 12.0 Å². The Morgan fingerprint density at radius 2 is 1.86 bits per heavy atom. The van der Waals surface area contributed by atoms with Crippen LogP contribution in [0, 0.1) is 6.92 Å². The van der Waals surface area contributed by atoms with Crippen LogP contribution < -0.4 is 0 Å². The minimum atomic E-state index is -3.93. The van der Waals surface area contributed by atoms with E-state index in [4.69, 9.17) is 8.92 Å². The summed E-state index contributed by atoms with van der Waals surface area (Å²) in [5.41, 5.74) is 0.921. The van der Waals surface area contributed by atoms with E-state index in [1.807, 2.05) is 6.92 Å². The molecule has 0 amide bonds. The summed E-state index contributed by atoms with van der Waals surface area (Å²) < 4.78 is 33.8. The number of rotatable bonds is 4. The zero-order chi connectivity index (χ0) is 15.6. The summed E-state index contributed by atoms with van der Waals surface area (Å²) in [6.07, 6.45) is -5.01. The van der Waals surface area contributed by atoms with E-state index < -0.39 is 34.7 Å². The van der Waals surface area contributed by atoms with E-state index in [0.717, 1.165) is 5.56 Å². The summed E-state index contributed by atoms with van der Waals surface area (Å²) in [5.74, 6) is 0. The van der Waals surface area contributed by atoms with Crippen molar-refractivity contribution in [1.82, 2.24) is 0 Å². The molecule has 118 valence electrons. The smallest absolute Gasteiger partial charge is 0.297 e. The van der Waals surface area contributed by atoms with Gasteiger partial charge in [-0.3, -0.25) is 4.18 Å². The highest BCUT2D eigenvalue weighted by Crippen LogP contribution is 2.21. The Hall–Kier alpha value is -1.03. The third-order valence-electron chi connectivity index (χ3n) is 3.24. The molecular formula is C13H18O7S. The molecule has 0 aromatic heterocycles. The quantitative estimate of drug-likeness (QED) is 0.643. The van der Waals surface area contributed by atoms with Crippen molar-refractivity contribution in [2.75, 3.05) is 6.61 Å². The second kappa shape index (κ2) is 6.39. The molecule has 0 aliphatic carbocycles. The number of hydrogen-bond donors (Lipinski definition) is 3. The predicted octanol–water partition coefficient (Wildman–Crippen LogP) is -0.471. The van der Waals surface area contributed by atoms with Gasteiger partial charge in [-0.15, -0.1) is 0 Å².